The normalized spacial score (nSPS) is 17.3. The predicted octanol–water partition coefficient (Wildman–Crippen LogP) is 3.50. The molecular formula is C16H22O3. The molecule has 1 aromatic carbocycles. The smallest absolute Gasteiger partial charge is 0.304 e. The molecule has 0 aliphatic heterocycles. The van der Waals surface area contributed by atoms with E-state index in [0.29, 0.717) is 0 Å². The van der Waals surface area contributed by atoms with Crippen LogP contribution in [0.25, 0.3) is 0 Å². The topological polar surface area (TPSA) is 57.5 Å². The van der Waals surface area contributed by atoms with Gasteiger partial charge in [-0.25, -0.2) is 0 Å². The van der Waals surface area contributed by atoms with Gasteiger partial charge in [-0.3, -0.25) is 4.79 Å². The lowest BCUT2D eigenvalue weighted by Gasteiger charge is -2.25. The number of aliphatic carboxylic acids is 1. The molecule has 1 aliphatic rings. The van der Waals surface area contributed by atoms with Crippen LogP contribution in [0.4, 0.5) is 0 Å². The summed E-state index contributed by atoms with van der Waals surface area (Å²) in [4.78, 5) is 11.0. The number of hydrogen-bond donors (Lipinski definition) is 2. The third-order valence-corrected chi connectivity index (χ3v) is 3.98. The highest BCUT2D eigenvalue weighted by molar-refractivity contribution is 5.71. The summed E-state index contributed by atoms with van der Waals surface area (Å²) in [7, 11) is 0. The summed E-state index contributed by atoms with van der Waals surface area (Å²) in [5, 5.41) is 19.6. The SMILES string of the molecule is Cc1cc(C(C)(C)C)c(O)c(C2(CC(=O)O)CC2)c1. The van der Waals surface area contributed by atoms with Gasteiger partial charge in [0.05, 0.1) is 6.42 Å². The number of carboxylic acids is 1. The maximum atomic E-state index is 11.0. The number of hydrogen-bond acceptors (Lipinski definition) is 2. The summed E-state index contributed by atoms with van der Waals surface area (Å²) in [6, 6.07) is 3.94. The lowest BCUT2D eigenvalue weighted by Crippen LogP contribution is -2.17. The van der Waals surface area contributed by atoms with Crippen molar-refractivity contribution in [3.63, 3.8) is 0 Å². The highest BCUT2D eigenvalue weighted by atomic mass is 16.4. The Kier molecular flexibility index (Phi) is 3.12. The van der Waals surface area contributed by atoms with Crippen LogP contribution in [0, 0.1) is 6.92 Å². The molecule has 0 unspecified atom stereocenters. The third kappa shape index (κ3) is 2.60. The highest BCUT2D eigenvalue weighted by Gasteiger charge is 2.48. The van der Waals surface area contributed by atoms with E-state index in [4.69, 9.17) is 5.11 Å². The van der Waals surface area contributed by atoms with Crippen LogP contribution in [0.5, 0.6) is 5.75 Å². The molecule has 2 N–H and O–H groups in total. The second kappa shape index (κ2) is 4.26. The number of benzene rings is 1. The van der Waals surface area contributed by atoms with E-state index in [9.17, 15) is 9.90 Å². The Bertz CT molecular complexity index is 520. The minimum absolute atomic E-state index is 0.105. The molecule has 3 heteroatoms. The van der Waals surface area contributed by atoms with Gasteiger partial charge in [-0.05, 0) is 30.7 Å². The van der Waals surface area contributed by atoms with Crippen molar-refractivity contribution < 1.29 is 15.0 Å². The van der Waals surface area contributed by atoms with E-state index in [1.54, 1.807) is 0 Å². The molecule has 1 fully saturated rings. The fourth-order valence-corrected chi connectivity index (χ4v) is 2.74. The van der Waals surface area contributed by atoms with Crippen LogP contribution < -0.4 is 0 Å². The second-order valence-electron chi connectivity index (χ2n) is 6.81. The van der Waals surface area contributed by atoms with Gasteiger partial charge in [0.2, 0.25) is 0 Å². The fraction of sp³-hybridized carbons (Fsp3) is 0.562. The highest BCUT2D eigenvalue weighted by Crippen LogP contribution is 2.55. The first-order valence-electron chi connectivity index (χ1n) is 6.72. The van der Waals surface area contributed by atoms with Crippen LogP contribution in [0.3, 0.4) is 0 Å². The fourth-order valence-electron chi connectivity index (χ4n) is 2.74. The molecular weight excluding hydrogens is 240 g/mol. The molecule has 0 heterocycles. The van der Waals surface area contributed by atoms with Gasteiger partial charge in [-0.15, -0.1) is 0 Å². The number of phenolic OH excluding ortho intramolecular Hbond substituents is 1. The molecule has 0 spiro atoms. The Labute approximate surface area is 114 Å². The molecule has 0 atom stereocenters. The monoisotopic (exact) mass is 262 g/mol. The van der Waals surface area contributed by atoms with Crippen molar-refractivity contribution in [2.75, 3.05) is 0 Å². The summed E-state index contributed by atoms with van der Waals surface area (Å²) in [5.41, 5.74) is 2.31. The van der Waals surface area contributed by atoms with E-state index in [2.05, 4.69) is 20.8 Å². The van der Waals surface area contributed by atoms with Crippen molar-refractivity contribution in [3.05, 3.63) is 28.8 Å². The van der Waals surface area contributed by atoms with Gasteiger partial charge in [-0.2, -0.15) is 0 Å². The first kappa shape index (κ1) is 13.9. The van der Waals surface area contributed by atoms with Crippen molar-refractivity contribution in [1.82, 2.24) is 0 Å². The van der Waals surface area contributed by atoms with Gasteiger partial charge in [0.1, 0.15) is 5.75 Å². The molecule has 0 bridgehead atoms. The minimum Gasteiger partial charge on any atom is -0.507 e. The Morgan fingerprint density at radius 1 is 1.32 bits per heavy atom. The first-order chi connectivity index (χ1) is 8.66. The van der Waals surface area contributed by atoms with Crippen molar-refractivity contribution in [2.24, 2.45) is 0 Å². The van der Waals surface area contributed by atoms with Crippen molar-refractivity contribution in [3.8, 4) is 5.75 Å². The lowest BCUT2D eigenvalue weighted by atomic mass is 9.80. The van der Waals surface area contributed by atoms with Gasteiger partial charge in [0.25, 0.3) is 0 Å². The number of carbonyl (C=O) groups is 1. The number of phenols is 1. The zero-order valence-corrected chi connectivity index (χ0v) is 12.1. The molecule has 104 valence electrons. The maximum Gasteiger partial charge on any atom is 0.304 e. The molecule has 1 saturated carbocycles. The Morgan fingerprint density at radius 2 is 1.89 bits per heavy atom. The van der Waals surface area contributed by atoms with Crippen molar-refractivity contribution >= 4 is 5.97 Å². The second-order valence-corrected chi connectivity index (χ2v) is 6.81. The quantitative estimate of drug-likeness (QED) is 0.876. The standard InChI is InChI=1S/C16H22O3/c1-10-7-11(15(2,3)4)14(19)12(8-10)16(5-6-16)9-13(17)18/h7-8,19H,5-6,9H2,1-4H3,(H,17,18). The van der Waals surface area contributed by atoms with Gasteiger partial charge in [0, 0.05) is 11.0 Å². The molecule has 3 nitrogen and oxygen atoms in total. The number of aromatic hydroxyl groups is 1. The Hall–Kier alpha value is -1.51. The Balaban J connectivity index is 2.53. The summed E-state index contributed by atoms with van der Waals surface area (Å²) in [6.07, 6.45) is 1.80. The molecule has 2 rings (SSSR count). The van der Waals surface area contributed by atoms with Gasteiger partial charge < -0.3 is 10.2 Å². The molecule has 0 amide bonds. The van der Waals surface area contributed by atoms with E-state index in [0.717, 1.165) is 29.5 Å². The maximum absolute atomic E-state index is 11.0. The van der Waals surface area contributed by atoms with Crippen molar-refractivity contribution in [1.29, 1.82) is 0 Å². The summed E-state index contributed by atoms with van der Waals surface area (Å²) < 4.78 is 0. The van der Waals surface area contributed by atoms with E-state index < -0.39 is 5.97 Å². The average Bonchev–Trinajstić information content (AvgIpc) is 2.99. The van der Waals surface area contributed by atoms with E-state index >= 15 is 0 Å². The summed E-state index contributed by atoms with van der Waals surface area (Å²) >= 11 is 0. The van der Waals surface area contributed by atoms with Crippen LogP contribution in [0.1, 0.15) is 56.7 Å². The van der Waals surface area contributed by atoms with Crippen LogP contribution in [-0.2, 0) is 15.6 Å². The minimum atomic E-state index is -0.796. The molecule has 0 aromatic heterocycles. The van der Waals surface area contributed by atoms with Gasteiger partial charge >= 0.3 is 5.97 Å². The third-order valence-electron chi connectivity index (χ3n) is 3.98. The zero-order valence-electron chi connectivity index (χ0n) is 12.1. The average molecular weight is 262 g/mol. The predicted molar refractivity (Wildman–Crippen MR) is 74.7 cm³/mol. The molecule has 1 aromatic rings. The summed E-state index contributed by atoms with van der Waals surface area (Å²) in [6.45, 7) is 8.17. The van der Waals surface area contributed by atoms with Crippen LogP contribution in [-0.4, -0.2) is 16.2 Å². The zero-order chi connectivity index (χ0) is 14.4. The molecule has 0 saturated heterocycles. The molecule has 0 radical (unpaired) electrons. The first-order valence-corrected chi connectivity index (χ1v) is 6.72. The van der Waals surface area contributed by atoms with Crippen LogP contribution in [0.15, 0.2) is 12.1 Å². The van der Waals surface area contributed by atoms with E-state index in [-0.39, 0.29) is 23.0 Å². The van der Waals surface area contributed by atoms with Gasteiger partial charge in [0.15, 0.2) is 0 Å². The number of aryl methyl sites for hydroxylation is 1. The van der Waals surface area contributed by atoms with Crippen molar-refractivity contribution in [2.45, 2.75) is 57.8 Å². The number of carboxylic acid groups (broad SMARTS) is 1. The number of rotatable bonds is 3. The lowest BCUT2D eigenvalue weighted by molar-refractivity contribution is -0.137. The van der Waals surface area contributed by atoms with E-state index in [1.165, 1.54) is 0 Å². The van der Waals surface area contributed by atoms with E-state index in [1.807, 2.05) is 19.1 Å². The molecule has 19 heavy (non-hydrogen) atoms. The Morgan fingerprint density at radius 3 is 2.32 bits per heavy atom. The van der Waals surface area contributed by atoms with Gasteiger partial charge in [-0.1, -0.05) is 38.5 Å². The summed E-state index contributed by atoms with van der Waals surface area (Å²) in [5.74, 6) is -0.507. The largest absolute Gasteiger partial charge is 0.507 e. The van der Waals surface area contributed by atoms with Crippen LogP contribution >= 0.6 is 0 Å². The van der Waals surface area contributed by atoms with Crippen LogP contribution in [0.2, 0.25) is 0 Å². The molecule has 1 aliphatic carbocycles.